The first kappa shape index (κ1) is 14.8. The molecule has 4 nitrogen and oxygen atoms in total. The van der Waals surface area contributed by atoms with Crippen LogP contribution in [-0.4, -0.2) is 13.1 Å². The normalized spacial score (nSPS) is 10.3. The Hall–Kier alpha value is -2.56. The van der Waals surface area contributed by atoms with Gasteiger partial charge in [0, 0.05) is 17.8 Å². The van der Waals surface area contributed by atoms with Crippen LogP contribution in [0, 0.1) is 19.7 Å². The third-order valence-corrected chi connectivity index (χ3v) is 3.06. The fourth-order valence-corrected chi connectivity index (χ4v) is 1.97. The molecule has 0 heterocycles. The van der Waals surface area contributed by atoms with Crippen LogP contribution in [0.3, 0.4) is 0 Å². The Balaban J connectivity index is 2.42. The van der Waals surface area contributed by atoms with E-state index < -0.39 is 11.8 Å². The molecule has 0 saturated carbocycles. The topological polar surface area (TPSA) is 61.5 Å². The first-order valence-corrected chi connectivity index (χ1v) is 6.35. The monoisotopic (exact) mass is 289 g/mol. The Morgan fingerprint density at radius 3 is 2.48 bits per heavy atom. The van der Waals surface area contributed by atoms with Crippen LogP contribution in [0.2, 0.25) is 0 Å². The Labute approximate surface area is 122 Å². The lowest BCUT2D eigenvalue weighted by molar-refractivity contribution is 0.0601. The molecule has 2 N–H and O–H groups in total. The minimum atomic E-state index is -0.641. The quantitative estimate of drug-likeness (QED) is 0.692. The maximum absolute atomic E-state index is 13.9. The number of aryl methyl sites for hydroxylation is 2. The summed E-state index contributed by atoms with van der Waals surface area (Å²) in [5.74, 6) is -0.838. The van der Waals surface area contributed by atoms with Crippen molar-refractivity contribution in [2.45, 2.75) is 13.8 Å². The lowest BCUT2D eigenvalue weighted by atomic mass is 10.1. The molecule has 0 amide bonds. The van der Waals surface area contributed by atoms with E-state index >= 15 is 0 Å². The van der Waals surface area contributed by atoms with Crippen LogP contribution in [0.1, 0.15) is 21.5 Å². The second kappa shape index (κ2) is 5.83. The van der Waals surface area contributed by atoms with E-state index in [-0.39, 0.29) is 17.0 Å². The number of hydrogen-bond acceptors (Lipinski definition) is 4. The highest BCUT2D eigenvalue weighted by atomic mass is 19.1. The predicted molar refractivity (Wildman–Crippen MR) is 78.1 cm³/mol. The van der Waals surface area contributed by atoms with Crippen LogP contribution in [-0.2, 0) is 4.74 Å². The van der Waals surface area contributed by atoms with E-state index in [1.54, 1.807) is 6.07 Å². The second-order valence-electron chi connectivity index (χ2n) is 4.73. The van der Waals surface area contributed by atoms with Crippen molar-refractivity contribution in [3.8, 4) is 11.5 Å². The van der Waals surface area contributed by atoms with Gasteiger partial charge in [0.1, 0.15) is 5.75 Å². The van der Waals surface area contributed by atoms with Gasteiger partial charge >= 0.3 is 5.97 Å². The number of ether oxygens (including phenoxy) is 2. The SMILES string of the molecule is COC(=O)c1cc(Oc2ccc(C)cc2C)c(F)cc1N. The van der Waals surface area contributed by atoms with Gasteiger partial charge in [0.2, 0.25) is 0 Å². The number of benzene rings is 2. The van der Waals surface area contributed by atoms with Crippen LogP contribution >= 0.6 is 0 Å². The molecule has 0 radical (unpaired) electrons. The molecule has 0 aliphatic rings. The van der Waals surface area contributed by atoms with Gasteiger partial charge < -0.3 is 15.2 Å². The molecule has 0 atom stereocenters. The summed E-state index contributed by atoms with van der Waals surface area (Å²) in [6, 6.07) is 7.82. The molecule has 0 aliphatic carbocycles. The van der Waals surface area contributed by atoms with Crippen LogP contribution in [0.15, 0.2) is 30.3 Å². The van der Waals surface area contributed by atoms with Crippen molar-refractivity contribution in [1.29, 1.82) is 0 Å². The van der Waals surface area contributed by atoms with E-state index in [2.05, 4.69) is 4.74 Å². The first-order valence-electron chi connectivity index (χ1n) is 6.35. The molecule has 0 saturated heterocycles. The van der Waals surface area contributed by atoms with Crippen LogP contribution < -0.4 is 10.5 Å². The number of halogens is 1. The van der Waals surface area contributed by atoms with Gasteiger partial charge in [-0.15, -0.1) is 0 Å². The van der Waals surface area contributed by atoms with Gasteiger partial charge in [0.15, 0.2) is 11.6 Å². The van der Waals surface area contributed by atoms with Gasteiger partial charge in [-0.2, -0.15) is 0 Å². The molecule has 2 aromatic rings. The number of carbonyl (C=O) groups excluding carboxylic acids is 1. The third-order valence-electron chi connectivity index (χ3n) is 3.06. The van der Waals surface area contributed by atoms with E-state index in [0.29, 0.717) is 5.75 Å². The van der Waals surface area contributed by atoms with Crippen molar-refractivity contribution >= 4 is 11.7 Å². The highest BCUT2D eigenvalue weighted by molar-refractivity contribution is 5.95. The highest BCUT2D eigenvalue weighted by Gasteiger charge is 2.16. The Kier molecular flexibility index (Phi) is 4.12. The smallest absolute Gasteiger partial charge is 0.340 e. The first-order chi connectivity index (χ1) is 9.92. The molecule has 0 aliphatic heterocycles. The van der Waals surface area contributed by atoms with E-state index in [1.807, 2.05) is 26.0 Å². The number of carbonyl (C=O) groups is 1. The molecule has 0 fully saturated rings. The third kappa shape index (κ3) is 3.13. The summed E-state index contributed by atoms with van der Waals surface area (Å²) in [7, 11) is 1.23. The van der Waals surface area contributed by atoms with E-state index in [9.17, 15) is 9.18 Å². The summed E-state index contributed by atoms with van der Waals surface area (Å²) >= 11 is 0. The number of nitrogen functional groups attached to an aromatic ring is 1. The molecular weight excluding hydrogens is 273 g/mol. The zero-order chi connectivity index (χ0) is 15.6. The number of nitrogens with two attached hydrogens (primary N) is 1. The lowest BCUT2D eigenvalue weighted by Crippen LogP contribution is -2.07. The highest BCUT2D eigenvalue weighted by Crippen LogP contribution is 2.31. The fourth-order valence-electron chi connectivity index (χ4n) is 1.97. The summed E-state index contributed by atoms with van der Waals surface area (Å²) in [6.07, 6.45) is 0. The van der Waals surface area contributed by atoms with Gasteiger partial charge in [-0.25, -0.2) is 9.18 Å². The van der Waals surface area contributed by atoms with Crippen molar-refractivity contribution in [1.82, 2.24) is 0 Å². The number of anilines is 1. The molecule has 21 heavy (non-hydrogen) atoms. The average molecular weight is 289 g/mol. The Bertz CT molecular complexity index is 698. The molecule has 110 valence electrons. The average Bonchev–Trinajstić information content (AvgIpc) is 2.43. The Morgan fingerprint density at radius 2 is 1.86 bits per heavy atom. The largest absolute Gasteiger partial charge is 0.465 e. The van der Waals surface area contributed by atoms with Gasteiger partial charge in [-0.1, -0.05) is 17.7 Å². The molecule has 0 spiro atoms. The van der Waals surface area contributed by atoms with E-state index in [1.165, 1.54) is 13.2 Å². The predicted octanol–water partition coefficient (Wildman–Crippen LogP) is 3.60. The van der Waals surface area contributed by atoms with Gasteiger partial charge in [-0.3, -0.25) is 0 Å². The fraction of sp³-hybridized carbons (Fsp3) is 0.188. The maximum Gasteiger partial charge on any atom is 0.340 e. The van der Waals surface area contributed by atoms with Crippen molar-refractivity contribution in [3.05, 3.63) is 52.8 Å². The van der Waals surface area contributed by atoms with Crippen LogP contribution in [0.4, 0.5) is 10.1 Å². The maximum atomic E-state index is 13.9. The number of hydrogen-bond donors (Lipinski definition) is 1. The van der Waals surface area contributed by atoms with E-state index in [0.717, 1.165) is 17.2 Å². The van der Waals surface area contributed by atoms with Crippen LogP contribution in [0.25, 0.3) is 0 Å². The molecule has 0 bridgehead atoms. The van der Waals surface area contributed by atoms with E-state index in [4.69, 9.17) is 10.5 Å². The molecule has 2 aromatic carbocycles. The lowest BCUT2D eigenvalue weighted by Gasteiger charge is -2.12. The molecule has 2 rings (SSSR count). The van der Waals surface area contributed by atoms with Crippen molar-refractivity contribution in [2.24, 2.45) is 0 Å². The Morgan fingerprint density at radius 1 is 1.14 bits per heavy atom. The summed E-state index contributed by atoms with van der Waals surface area (Å²) < 4.78 is 24.1. The minimum absolute atomic E-state index is 0.00679. The summed E-state index contributed by atoms with van der Waals surface area (Å²) in [4.78, 5) is 11.6. The van der Waals surface area contributed by atoms with Gasteiger partial charge in [-0.05, 0) is 25.5 Å². The van der Waals surface area contributed by atoms with Crippen molar-refractivity contribution < 1.29 is 18.7 Å². The zero-order valence-electron chi connectivity index (χ0n) is 12.1. The summed E-state index contributed by atoms with van der Waals surface area (Å²) in [5.41, 5.74) is 7.63. The van der Waals surface area contributed by atoms with Crippen molar-refractivity contribution in [3.63, 3.8) is 0 Å². The molecule has 0 aromatic heterocycles. The van der Waals surface area contributed by atoms with Gasteiger partial charge in [0.05, 0.1) is 12.7 Å². The minimum Gasteiger partial charge on any atom is -0.465 e. The molecular formula is C16H16FNO3. The zero-order valence-corrected chi connectivity index (χ0v) is 12.1. The standard InChI is InChI=1S/C16H16FNO3/c1-9-4-5-14(10(2)6-9)21-15-7-11(16(19)20-3)13(18)8-12(15)17/h4-8H,18H2,1-3H3. The second-order valence-corrected chi connectivity index (χ2v) is 4.73. The van der Waals surface area contributed by atoms with Crippen molar-refractivity contribution in [2.75, 3.05) is 12.8 Å². The number of methoxy groups -OCH3 is 1. The van der Waals surface area contributed by atoms with Gasteiger partial charge in [0.25, 0.3) is 0 Å². The molecule has 0 unspecified atom stereocenters. The summed E-state index contributed by atoms with van der Waals surface area (Å²) in [5, 5.41) is 0. The summed E-state index contributed by atoms with van der Waals surface area (Å²) in [6.45, 7) is 3.81. The van der Waals surface area contributed by atoms with Crippen LogP contribution in [0.5, 0.6) is 11.5 Å². The molecule has 5 heteroatoms. The number of esters is 1. The number of rotatable bonds is 3.